The van der Waals surface area contributed by atoms with E-state index in [-0.39, 0.29) is 29.2 Å². The minimum Gasteiger partial charge on any atom is -0.478 e. The van der Waals surface area contributed by atoms with Crippen LogP contribution in [0.2, 0.25) is 0 Å². The predicted molar refractivity (Wildman–Crippen MR) is 90.3 cm³/mol. The number of ketones is 1. The lowest BCUT2D eigenvalue weighted by molar-refractivity contribution is -0.120. The van der Waals surface area contributed by atoms with Gasteiger partial charge in [0.2, 0.25) is 5.75 Å². The van der Waals surface area contributed by atoms with E-state index in [1.807, 2.05) is 20.8 Å². The molecule has 2 rings (SSSR count). The van der Waals surface area contributed by atoms with E-state index in [2.05, 4.69) is 4.98 Å². The fourth-order valence-electron chi connectivity index (χ4n) is 2.28. The second-order valence-electron chi connectivity index (χ2n) is 6.75. The van der Waals surface area contributed by atoms with Crippen LogP contribution in [-0.4, -0.2) is 21.8 Å². The summed E-state index contributed by atoms with van der Waals surface area (Å²) in [4.78, 5) is 28.5. The molecule has 2 aromatic rings. The van der Waals surface area contributed by atoms with Gasteiger partial charge in [0.25, 0.3) is 0 Å². The number of Topliss-reactive ketones (excluding diaryl/α,β-unsaturated/α-hetero) is 1. The van der Waals surface area contributed by atoms with Gasteiger partial charge in [0.15, 0.2) is 17.2 Å². The first-order valence-corrected chi connectivity index (χ1v) is 8.08. The minimum absolute atomic E-state index is 0.0160. The summed E-state index contributed by atoms with van der Waals surface area (Å²) in [5, 5.41) is 0. The van der Waals surface area contributed by atoms with Crippen molar-refractivity contribution in [1.82, 2.24) is 9.38 Å². The van der Waals surface area contributed by atoms with Gasteiger partial charge in [0.05, 0.1) is 5.69 Å². The summed E-state index contributed by atoms with van der Waals surface area (Å²) in [6, 6.07) is 1.41. The second-order valence-corrected chi connectivity index (χ2v) is 6.75. The number of aryl methyl sites for hydroxylation is 1. The van der Waals surface area contributed by atoms with Crippen LogP contribution in [0.25, 0.3) is 5.65 Å². The molecule has 0 aliphatic carbocycles. The van der Waals surface area contributed by atoms with Gasteiger partial charge in [0.1, 0.15) is 6.61 Å². The highest BCUT2D eigenvalue weighted by atomic mass is 19.1. The van der Waals surface area contributed by atoms with Crippen molar-refractivity contribution < 1.29 is 13.9 Å². The fourth-order valence-corrected chi connectivity index (χ4v) is 2.28. The van der Waals surface area contributed by atoms with E-state index in [9.17, 15) is 14.0 Å². The van der Waals surface area contributed by atoms with Crippen molar-refractivity contribution in [3.05, 3.63) is 39.7 Å². The highest BCUT2D eigenvalue weighted by molar-refractivity contribution is 5.79. The quantitative estimate of drug-likeness (QED) is 0.843. The van der Waals surface area contributed by atoms with E-state index in [1.54, 1.807) is 20.0 Å². The molecule has 2 aromatic heterocycles. The number of ether oxygens (including phenoxy) is 1. The van der Waals surface area contributed by atoms with Crippen molar-refractivity contribution in [2.24, 2.45) is 0 Å². The lowest BCUT2D eigenvalue weighted by Crippen LogP contribution is -2.25. The van der Waals surface area contributed by atoms with Crippen molar-refractivity contribution in [1.29, 1.82) is 0 Å². The molecule has 0 aromatic carbocycles. The molecule has 0 saturated carbocycles. The number of nitrogens with zero attached hydrogens (tertiary/aromatic N) is 2. The summed E-state index contributed by atoms with van der Waals surface area (Å²) in [6.07, 6.45) is 2.32. The zero-order valence-electron chi connectivity index (χ0n) is 14.8. The molecular formula is C18H23FN2O3. The number of pyridine rings is 1. The van der Waals surface area contributed by atoms with Crippen molar-refractivity contribution in [2.45, 2.75) is 52.9 Å². The number of carbonyl (C=O) groups excluding carboxylic acids is 1. The smallest absolute Gasteiger partial charge is 0.300 e. The van der Waals surface area contributed by atoms with Crippen molar-refractivity contribution >= 4 is 11.4 Å². The van der Waals surface area contributed by atoms with Crippen LogP contribution in [0.3, 0.4) is 0 Å². The summed E-state index contributed by atoms with van der Waals surface area (Å²) >= 11 is 0. The molecule has 0 aliphatic rings. The molecule has 0 N–H and O–H groups in total. The van der Waals surface area contributed by atoms with Crippen molar-refractivity contribution in [3.63, 3.8) is 0 Å². The topological polar surface area (TPSA) is 60.7 Å². The van der Waals surface area contributed by atoms with Crippen LogP contribution in [0.15, 0.2) is 17.1 Å². The Morgan fingerprint density at radius 3 is 2.54 bits per heavy atom. The Labute approximate surface area is 140 Å². The summed E-state index contributed by atoms with van der Waals surface area (Å²) in [6.45, 7) is 9.14. The van der Waals surface area contributed by atoms with E-state index < -0.39 is 11.4 Å². The Bertz CT molecular complexity index is 835. The maximum Gasteiger partial charge on any atom is 0.300 e. The van der Waals surface area contributed by atoms with Crippen LogP contribution in [0, 0.1) is 5.82 Å². The molecule has 0 aliphatic heterocycles. The molecule has 0 amide bonds. The van der Waals surface area contributed by atoms with E-state index in [0.29, 0.717) is 24.1 Å². The fraction of sp³-hybridized carbons (Fsp3) is 0.500. The Kier molecular flexibility index (Phi) is 5.06. The Balaban J connectivity index is 2.68. The van der Waals surface area contributed by atoms with Crippen LogP contribution in [0.5, 0.6) is 5.75 Å². The number of carbonyl (C=O) groups is 1. The minimum atomic E-state index is -0.551. The highest BCUT2D eigenvalue weighted by Crippen LogP contribution is 2.24. The summed E-state index contributed by atoms with van der Waals surface area (Å²) in [7, 11) is 0. The molecular weight excluding hydrogens is 311 g/mol. The van der Waals surface area contributed by atoms with Crippen LogP contribution < -0.4 is 10.3 Å². The van der Waals surface area contributed by atoms with Crippen LogP contribution >= 0.6 is 0 Å². The third-order valence-corrected chi connectivity index (χ3v) is 3.88. The summed E-state index contributed by atoms with van der Waals surface area (Å²) in [5.74, 6) is -0.649. The lowest BCUT2D eigenvalue weighted by Gasteiger charge is -2.20. The van der Waals surface area contributed by atoms with Crippen LogP contribution in [0.4, 0.5) is 4.39 Å². The van der Waals surface area contributed by atoms with Gasteiger partial charge in [-0.2, -0.15) is 0 Å². The van der Waals surface area contributed by atoms with Gasteiger partial charge in [-0.1, -0.05) is 34.6 Å². The number of hydrogen-bond donors (Lipinski definition) is 0. The highest BCUT2D eigenvalue weighted by Gasteiger charge is 2.21. The van der Waals surface area contributed by atoms with E-state index in [4.69, 9.17) is 4.74 Å². The average molecular weight is 334 g/mol. The Morgan fingerprint density at radius 1 is 1.33 bits per heavy atom. The number of halogens is 1. The molecule has 6 heteroatoms. The summed E-state index contributed by atoms with van der Waals surface area (Å²) in [5.41, 5.74) is 0.184. The first-order valence-electron chi connectivity index (χ1n) is 8.08. The standard InChI is InChI=1S/C18H23FN2O3/c1-6-12(22)10-24-15-14(7-2)20-16-13(19)8-11(18(3,4)5)9-21(16)17(15)23/h8-9H,6-7,10H2,1-5H3. The Morgan fingerprint density at radius 2 is 2.00 bits per heavy atom. The maximum absolute atomic E-state index is 14.5. The van der Waals surface area contributed by atoms with Crippen molar-refractivity contribution in [2.75, 3.05) is 6.61 Å². The molecule has 0 radical (unpaired) electrons. The molecule has 0 atom stereocenters. The van der Waals surface area contributed by atoms with Gasteiger partial charge in [0, 0.05) is 12.6 Å². The molecule has 130 valence electrons. The van der Waals surface area contributed by atoms with Crippen LogP contribution in [-0.2, 0) is 16.6 Å². The molecule has 5 nitrogen and oxygen atoms in total. The largest absolute Gasteiger partial charge is 0.478 e. The average Bonchev–Trinajstić information content (AvgIpc) is 2.52. The predicted octanol–water partition coefficient (Wildman–Crippen LogP) is 3.05. The van der Waals surface area contributed by atoms with E-state index in [1.165, 1.54) is 10.5 Å². The van der Waals surface area contributed by atoms with Gasteiger partial charge >= 0.3 is 5.56 Å². The Hall–Kier alpha value is -2.24. The third kappa shape index (κ3) is 3.47. The third-order valence-electron chi connectivity index (χ3n) is 3.88. The monoisotopic (exact) mass is 334 g/mol. The zero-order chi connectivity index (χ0) is 18.1. The normalized spacial score (nSPS) is 11.8. The first-order chi connectivity index (χ1) is 11.2. The molecule has 2 heterocycles. The zero-order valence-corrected chi connectivity index (χ0v) is 14.8. The number of fused-ring (bicyclic) bond motifs is 1. The molecule has 24 heavy (non-hydrogen) atoms. The molecule has 0 fully saturated rings. The molecule has 0 saturated heterocycles. The van der Waals surface area contributed by atoms with Crippen molar-refractivity contribution in [3.8, 4) is 5.75 Å². The van der Waals surface area contributed by atoms with E-state index >= 15 is 0 Å². The van der Waals surface area contributed by atoms with Gasteiger partial charge in [-0.05, 0) is 23.5 Å². The first kappa shape index (κ1) is 18.1. The van der Waals surface area contributed by atoms with Gasteiger partial charge in [-0.3, -0.25) is 14.0 Å². The summed E-state index contributed by atoms with van der Waals surface area (Å²) < 4.78 is 21.0. The number of hydrogen-bond acceptors (Lipinski definition) is 4. The number of rotatable bonds is 5. The second kappa shape index (κ2) is 6.71. The van der Waals surface area contributed by atoms with Gasteiger partial charge in [-0.15, -0.1) is 0 Å². The maximum atomic E-state index is 14.5. The SMILES string of the molecule is CCC(=O)COc1c(CC)nc2c(F)cc(C(C)(C)C)cn2c1=O. The lowest BCUT2D eigenvalue weighted by atomic mass is 9.88. The van der Waals surface area contributed by atoms with Crippen LogP contribution in [0.1, 0.15) is 52.3 Å². The molecule has 0 bridgehead atoms. The van der Waals surface area contributed by atoms with Gasteiger partial charge < -0.3 is 4.74 Å². The van der Waals surface area contributed by atoms with E-state index in [0.717, 1.165) is 0 Å². The number of aromatic nitrogens is 2. The molecule has 0 spiro atoms. The van der Waals surface area contributed by atoms with Gasteiger partial charge in [-0.25, -0.2) is 9.37 Å². The molecule has 0 unspecified atom stereocenters.